The van der Waals surface area contributed by atoms with Gasteiger partial charge in [0.1, 0.15) is 23.4 Å². The van der Waals surface area contributed by atoms with Crippen LogP contribution in [0.25, 0.3) is 5.65 Å². The summed E-state index contributed by atoms with van der Waals surface area (Å²) in [7, 11) is -4.10. The van der Waals surface area contributed by atoms with Crippen LogP contribution in [0, 0.1) is 6.92 Å². The molecule has 148 valence electrons. The van der Waals surface area contributed by atoms with Crippen LogP contribution in [0.5, 0.6) is 0 Å². The monoisotopic (exact) mass is 402 g/mol. The smallest absolute Gasteiger partial charge is 0.327 e. The predicted octanol–water partition coefficient (Wildman–Crippen LogP) is 2.57. The minimum absolute atomic E-state index is 0.0448. The van der Waals surface area contributed by atoms with Gasteiger partial charge < -0.3 is 4.74 Å². The van der Waals surface area contributed by atoms with E-state index in [1.54, 1.807) is 57.3 Å². The number of rotatable bonds is 5. The molecule has 0 bridgehead atoms. The molecule has 28 heavy (non-hydrogen) atoms. The van der Waals surface area contributed by atoms with Crippen LogP contribution in [0.2, 0.25) is 0 Å². The normalized spacial score (nSPS) is 12.1. The van der Waals surface area contributed by atoms with Crippen molar-refractivity contribution in [2.24, 2.45) is 0 Å². The maximum atomic E-state index is 13.5. The summed E-state index contributed by atoms with van der Waals surface area (Å²) in [5, 5.41) is 7.67. The van der Waals surface area contributed by atoms with Crippen molar-refractivity contribution in [3.8, 4) is 0 Å². The van der Waals surface area contributed by atoms with E-state index in [0.29, 0.717) is 5.69 Å². The lowest BCUT2D eigenvalue weighted by atomic mass is 10.2. The highest BCUT2D eigenvalue weighted by Gasteiger charge is 2.31. The number of ether oxygens (including phenoxy) is 1. The Morgan fingerprint density at radius 1 is 1.18 bits per heavy atom. The third kappa shape index (κ3) is 4.14. The molecule has 9 heteroatoms. The molecule has 8 nitrogen and oxygen atoms in total. The number of esters is 1. The van der Waals surface area contributed by atoms with Crippen molar-refractivity contribution < 1.29 is 17.9 Å². The van der Waals surface area contributed by atoms with E-state index in [0.717, 1.165) is 9.87 Å². The molecule has 3 rings (SSSR count). The number of nitrogens with zero attached hydrogens (tertiary/aromatic N) is 4. The highest BCUT2D eigenvalue weighted by atomic mass is 32.2. The van der Waals surface area contributed by atoms with Crippen LogP contribution in [-0.4, -0.2) is 41.1 Å². The molecule has 2 heterocycles. The maximum Gasteiger partial charge on any atom is 0.327 e. The molecule has 3 aromatic rings. The zero-order valence-corrected chi connectivity index (χ0v) is 17.0. The van der Waals surface area contributed by atoms with E-state index >= 15 is 0 Å². The molecule has 0 aliphatic rings. The number of carbonyl (C=O) groups is 1. The molecule has 0 aliphatic heterocycles. The fraction of sp³-hybridized carbons (Fsp3) is 0.316. The molecule has 0 atom stereocenters. The second kappa shape index (κ2) is 7.23. The Morgan fingerprint density at radius 3 is 2.50 bits per heavy atom. The van der Waals surface area contributed by atoms with Crippen molar-refractivity contribution >= 4 is 27.3 Å². The summed E-state index contributed by atoms with van der Waals surface area (Å²) in [4.78, 5) is 12.4. The summed E-state index contributed by atoms with van der Waals surface area (Å²) < 4.78 is 34.8. The first kappa shape index (κ1) is 19.8. The Kier molecular flexibility index (Phi) is 5.12. The topological polar surface area (TPSA) is 93.9 Å². The van der Waals surface area contributed by atoms with E-state index in [9.17, 15) is 13.2 Å². The number of aromatic nitrogens is 3. The molecule has 0 N–H and O–H groups in total. The van der Waals surface area contributed by atoms with Crippen LogP contribution in [0.1, 0.15) is 26.3 Å². The Hall–Kier alpha value is -2.94. The molecule has 0 radical (unpaired) electrons. The number of hydrogen-bond acceptors (Lipinski definition) is 6. The number of hydrogen-bond donors (Lipinski definition) is 0. The van der Waals surface area contributed by atoms with Gasteiger partial charge in [-0.1, -0.05) is 17.7 Å². The first-order valence-electron chi connectivity index (χ1n) is 8.67. The van der Waals surface area contributed by atoms with E-state index in [1.165, 1.54) is 16.8 Å². The van der Waals surface area contributed by atoms with Crippen LogP contribution in [0.3, 0.4) is 0 Å². The number of aryl methyl sites for hydroxylation is 1. The Balaban J connectivity index is 2.08. The Labute approximate surface area is 163 Å². The van der Waals surface area contributed by atoms with Gasteiger partial charge in [0.25, 0.3) is 10.0 Å². The van der Waals surface area contributed by atoms with Gasteiger partial charge in [-0.25, -0.2) is 8.42 Å². The second-order valence-electron chi connectivity index (χ2n) is 7.37. The quantitative estimate of drug-likeness (QED) is 0.609. The molecule has 2 aromatic heterocycles. The fourth-order valence-electron chi connectivity index (χ4n) is 2.66. The number of fused-ring (bicyclic) bond motifs is 1. The third-order valence-electron chi connectivity index (χ3n) is 3.87. The lowest BCUT2D eigenvalue weighted by molar-refractivity contribution is -0.152. The van der Waals surface area contributed by atoms with Crippen molar-refractivity contribution in [2.45, 2.75) is 38.2 Å². The van der Waals surface area contributed by atoms with E-state index in [-0.39, 0.29) is 10.5 Å². The van der Waals surface area contributed by atoms with Crippen molar-refractivity contribution in [2.75, 3.05) is 10.8 Å². The van der Waals surface area contributed by atoms with Crippen LogP contribution in [0.4, 0.5) is 5.69 Å². The summed E-state index contributed by atoms with van der Waals surface area (Å²) in [6.45, 7) is 6.62. The minimum atomic E-state index is -4.10. The van der Waals surface area contributed by atoms with Gasteiger partial charge in [0.05, 0.1) is 5.69 Å². The third-order valence-corrected chi connectivity index (χ3v) is 5.67. The summed E-state index contributed by atoms with van der Waals surface area (Å²) in [5.41, 5.74) is 0.784. The lowest BCUT2D eigenvalue weighted by Gasteiger charge is -2.26. The number of pyridine rings is 1. The standard InChI is InChI=1S/C19H22N4O4S/c1-14-7-9-15(10-8-14)23(12-17(24)27-19(2,3)4)28(25,26)16-6-5-11-22-13-20-21-18(16)22/h5-11,13H,12H2,1-4H3. The van der Waals surface area contributed by atoms with E-state index in [2.05, 4.69) is 10.2 Å². The number of benzene rings is 1. The van der Waals surface area contributed by atoms with Crippen LogP contribution < -0.4 is 4.31 Å². The first-order chi connectivity index (χ1) is 13.1. The van der Waals surface area contributed by atoms with Crippen molar-refractivity contribution in [3.05, 3.63) is 54.5 Å². The predicted molar refractivity (Wildman–Crippen MR) is 105 cm³/mol. The minimum Gasteiger partial charge on any atom is -0.459 e. The van der Waals surface area contributed by atoms with Crippen LogP contribution in [-0.2, 0) is 19.6 Å². The van der Waals surface area contributed by atoms with Gasteiger partial charge in [-0.2, -0.15) is 0 Å². The van der Waals surface area contributed by atoms with Gasteiger partial charge in [0.15, 0.2) is 5.65 Å². The van der Waals surface area contributed by atoms with E-state index in [1.807, 2.05) is 6.92 Å². The highest BCUT2D eigenvalue weighted by molar-refractivity contribution is 7.93. The summed E-state index contributed by atoms with van der Waals surface area (Å²) in [6.07, 6.45) is 3.07. The van der Waals surface area contributed by atoms with Gasteiger partial charge in [-0.15, -0.1) is 10.2 Å². The molecule has 0 spiro atoms. The highest BCUT2D eigenvalue weighted by Crippen LogP contribution is 2.26. The molecule has 0 fully saturated rings. The molecular formula is C19H22N4O4S. The van der Waals surface area contributed by atoms with Crippen molar-refractivity contribution in [3.63, 3.8) is 0 Å². The van der Waals surface area contributed by atoms with Crippen molar-refractivity contribution in [1.29, 1.82) is 0 Å². The lowest BCUT2D eigenvalue weighted by Crippen LogP contribution is -2.39. The zero-order chi connectivity index (χ0) is 20.5. The summed E-state index contributed by atoms with van der Waals surface area (Å²) in [5.74, 6) is -0.648. The van der Waals surface area contributed by atoms with Gasteiger partial charge in [-0.3, -0.25) is 13.5 Å². The number of sulfonamides is 1. The van der Waals surface area contributed by atoms with Gasteiger partial charge in [-0.05, 0) is 52.0 Å². The maximum absolute atomic E-state index is 13.5. The molecule has 0 unspecified atom stereocenters. The summed E-state index contributed by atoms with van der Waals surface area (Å²) >= 11 is 0. The average Bonchev–Trinajstić information content (AvgIpc) is 3.07. The average molecular weight is 402 g/mol. The van der Waals surface area contributed by atoms with E-state index < -0.39 is 28.1 Å². The molecule has 0 amide bonds. The zero-order valence-electron chi connectivity index (χ0n) is 16.2. The van der Waals surface area contributed by atoms with Gasteiger partial charge in [0.2, 0.25) is 0 Å². The van der Waals surface area contributed by atoms with Crippen LogP contribution >= 0.6 is 0 Å². The summed E-state index contributed by atoms with van der Waals surface area (Å²) in [6, 6.07) is 9.90. The Bertz CT molecular complexity index is 1100. The fourth-order valence-corrected chi connectivity index (χ4v) is 4.20. The molecular weight excluding hydrogens is 380 g/mol. The Morgan fingerprint density at radius 2 is 1.86 bits per heavy atom. The van der Waals surface area contributed by atoms with Crippen molar-refractivity contribution in [1.82, 2.24) is 14.6 Å². The molecule has 1 aromatic carbocycles. The number of carbonyl (C=O) groups excluding carboxylic acids is 1. The largest absolute Gasteiger partial charge is 0.459 e. The SMILES string of the molecule is Cc1ccc(N(CC(=O)OC(C)(C)C)S(=O)(=O)c2cccn3cnnc23)cc1. The van der Waals surface area contributed by atoms with Gasteiger partial charge in [0, 0.05) is 6.20 Å². The molecule has 0 aliphatic carbocycles. The second-order valence-corrected chi connectivity index (χ2v) is 9.20. The first-order valence-corrected chi connectivity index (χ1v) is 10.1. The van der Waals surface area contributed by atoms with Gasteiger partial charge >= 0.3 is 5.97 Å². The number of anilines is 1. The molecule has 0 saturated carbocycles. The van der Waals surface area contributed by atoms with Crippen LogP contribution in [0.15, 0.2) is 53.8 Å². The van der Waals surface area contributed by atoms with E-state index in [4.69, 9.17) is 4.74 Å². The molecule has 0 saturated heterocycles.